The van der Waals surface area contributed by atoms with Crippen LogP contribution in [-0.4, -0.2) is 38.1 Å². The summed E-state index contributed by atoms with van der Waals surface area (Å²) in [5, 5.41) is 11.3. The zero-order valence-electron chi connectivity index (χ0n) is 10.0. The first-order valence-corrected chi connectivity index (χ1v) is 5.70. The molecule has 0 unspecified atom stereocenters. The van der Waals surface area contributed by atoms with E-state index < -0.39 is 12.1 Å². The Morgan fingerprint density at radius 2 is 1.84 bits per heavy atom. The van der Waals surface area contributed by atoms with Crippen molar-refractivity contribution in [1.29, 1.82) is 0 Å². The molecule has 1 aromatic heterocycles. The molecule has 0 bridgehead atoms. The van der Waals surface area contributed by atoms with Crippen LogP contribution in [0.3, 0.4) is 0 Å². The van der Waals surface area contributed by atoms with Gasteiger partial charge in [-0.2, -0.15) is 18.3 Å². The third-order valence-electron chi connectivity index (χ3n) is 2.79. The van der Waals surface area contributed by atoms with Gasteiger partial charge in [-0.25, -0.2) is 14.5 Å². The second-order valence-electron chi connectivity index (χ2n) is 4.25. The normalized spacial score (nSPS) is 23.4. The standard InChI is InChI=1S/C8H14N4.C2HF3O2/c9-7-1-3-8(4-2-7)12-6-10-5-11-12;3-2(4,5)1(6)7/h5-8H,1-4,9H2;(H,6,7). The smallest absolute Gasteiger partial charge is 0.475 e. The Labute approximate surface area is 107 Å². The highest BCUT2D eigenvalue weighted by Crippen LogP contribution is 2.26. The maximum absolute atomic E-state index is 10.6. The van der Waals surface area contributed by atoms with Gasteiger partial charge in [-0.05, 0) is 25.7 Å². The summed E-state index contributed by atoms with van der Waals surface area (Å²) >= 11 is 0. The maximum Gasteiger partial charge on any atom is 0.490 e. The second kappa shape index (κ2) is 6.50. The van der Waals surface area contributed by atoms with Gasteiger partial charge >= 0.3 is 12.1 Å². The Bertz CT molecular complexity index is 386. The van der Waals surface area contributed by atoms with Crippen molar-refractivity contribution >= 4 is 5.97 Å². The van der Waals surface area contributed by atoms with Gasteiger partial charge in [0.15, 0.2) is 0 Å². The first kappa shape index (κ1) is 15.4. The predicted molar refractivity (Wildman–Crippen MR) is 59.2 cm³/mol. The van der Waals surface area contributed by atoms with E-state index in [1.165, 1.54) is 0 Å². The van der Waals surface area contributed by atoms with E-state index in [0.29, 0.717) is 12.1 Å². The molecule has 2 rings (SSSR count). The van der Waals surface area contributed by atoms with E-state index in [2.05, 4.69) is 10.1 Å². The zero-order chi connectivity index (χ0) is 14.5. The Hall–Kier alpha value is -1.64. The number of carboxylic acid groups (broad SMARTS) is 1. The van der Waals surface area contributed by atoms with Crippen LogP contribution >= 0.6 is 0 Å². The fourth-order valence-corrected chi connectivity index (χ4v) is 1.77. The fourth-order valence-electron chi connectivity index (χ4n) is 1.77. The van der Waals surface area contributed by atoms with Crippen LogP contribution in [0.1, 0.15) is 31.7 Å². The summed E-state index contributed by atoms with van der Waals surface area (Å²) < 4.78 is 33.7. The first-order chi connectivity index (χ1) is 8.80. The molecule has 1 saturated carbocycles. The van der Waals surface area contributed by atoms with Crippen molar-refractivity contribution in [3.63, 3.8) is 0 Å². The van der Waals surface area contributed by atoms with E-state index in [1.54, 1.807) is 12.7 Å². The molecule has 0 aliphatic heterocycles. The number of carbonyl (C=O) groups is 1. The van der Waals surface area contributed by atoms with E-state index in [9.17, 15) is 13.2 Å². The summed E-state index contributed by atoms with van der Waals surface area (Å²) in [6.45, 7) is 0. The summed E-state index contributed by atoms with van der Waals surface area (Å²) in [6.07, 6.45) is 2.82. The van der Waals surface area contributed by atoms with Gasteiger partial charge in [0.05, 0.1) is 6.04 Å². The molecule has 108 valence electrons. The fraction of sp³-hybridized carbons (Fsp3) is 0.700. The summed E-state index contributed by atoms with van der Waals surface area (Å²) in [5.74, 6) is -2.76. The molecular weight excluding hydrogens is 265 g/mol. The lowest BCUT2D eigenvalue weighted by molar-refractivity contribution is -0.192. The average Bonchev–Trinajstić information content (AvgIpc) is 2.83. The van der Waals surface area contributed by atoms with Crippen molar-refractivity contribution in [2.24, 2.45) is 5.73 Å². The molecule has 0 spiro atoms. The highest BCUT2D eigenvalue weighted by molar-refractivity contribution is 5.73. The number of halogens is 3. The lowest BCUT2D eigenvalue weighted by atomic mass is 9.92. The highest BCUT2D eigenvalue weighted by atomic mass is 19.4. The van der Waals surface area contributed by atoms with Crippen LogP contribution in [0.4, 0.5) is 13.2 Å². The van der Waals surface area contributed by atoms with Gasteiger partial charge in [-0.3, -0.25) is 0 Å². The molecule has 3 N–H and O–H groups in total. The van der Waals surface area contributed by atoms with E-state index in [0.717, 1.165) is 25.7 Å². The number of nitrogens with two attached hydrogens (primary N) is 1. The quantitative estimate of drug-likeness (QED) is 0.810. The van der Waals surface area contributed by atoms with Crippen molar-refractivity contribution in [3.05, 3.63) is 12.7 Å². The Kier molecular flexibility index (Phi) is 5.28. The Morgan fingerprint density at radius 1 is 1.32 bits per heavy atom. The van der Waals surface area contributed by atoms with Gasteiger partial charge in [0.1, 0.15) is 12.7 Å². The molecular formula is C10H15F3N4O2. The van der Waals surface area contributed by atoms with E-state index in [4.69, 9.17) is 15.6 Å². The summed E-state index contributed by atoms with van der Waals surface area (Å²) in [7, 11) is 0. The number of hydrogen-bond acceptors (Lipinski definition) is 4. The molecule has 19 heavy (non-hydrogen) atoms. The predicted octanol–water partition coefficient (Wildman–Crippen LogP) is 1.35. The molecule has 0 radical (unpaired) electrons. The van der Waals surface area contributed by atoms with Crippen LogP contribution in [0.5, 0.6) is 0 Å². The Morgan fingerprint density at radius 3 is 2.21 bits per heavy atom. The topological polar surface area (TPSA) is 94.0 Å². The van der Waals surface area contributed by atoms with Crippen molar-refractivity contribution in [2.45, 2.75) is 43.9 Å². The minimum atomic E-state index is -5.08. The monoisotopic (exact) mass is 280 g/mol. The van der Waals surface area contributed by atoms with Crippen molar-refractivity contribution in [3.8, 4) is 0 Å². The maximum atomic E-state index is 10.6. The Balaban J connectivity index is 0.000000224. The molecule has 1 aliphatic carbocycles. The molecule has 9 heteroatoms. The highest BCUT2D eigenvalue weighted by Gasteiger charge is 2.38. The van der Waals surface area contributed by atoms with E-state index in [1.807, 2.05) is 4.68 Å². The average molecular weight is 280 g/mol. The molecule has 1 aliphatic rings. The lowest BCUT2D eigenvalue weighted by Crippen LogP contribution is -2.27. The zero-order valence-corrected chi connectivity index (χ0v) is 10.0. The van der Waals surface area contributed by atoms with Gasteiger partial charge in [-0.1, -0.05) is 0 Å². The molecule has 0 aromatic carbocycles. The number of aromatic nitrogens is 3. The first-order valence-electron chi connectivity index (χ1n) is 5.70. The minimum Gasteiger partial charge on any atom is -0.475 e. The minimum absolute atomic E-state index is 0.407. The lowest BCUT2D eigenvalue weighted by Gasteiger charge is -2.25. The van der Waals surface area contributed by atoms with Crippen LogP contribution in [-0.2, 0) is 4.79 Å². The molecule has 6 nitrogen and oxygen atoms in total. The number of aliphatic carboxylic acids is 1. The number of carboxylic acids is 1. The summed E-state index contributed by atoms with van der Waals surface area (Å²) in [5.41, 5.74) is 5.81. The third-order valence-corrected chi connectivity index (χ3v) is 2.79. The molecule has 0 amide bonds. The van der Waals surface area contributed by atoms with E-state index in [-0.39, 0.29) is 0 Å². The summed E-state index contributed by atoms with van der Waals surface area (Å²) in [4.78, 5) is 12.8. The van der Waals surface area contributed by atoms with Crippen molar-refractivity contribution < 1.29 is 23.1 Å². The SMILES string of the molecule is NC1CCC(n2cncn2)CC1.O=C(O)C(F)(F)F. The van der Waals surface area contributed by atoms with Gasteiger partial charge in [0, 0.05) is 6.04 Å². The third kappa shape index (κ3) is 5.25. The van der Waals surface area contributed by atoms with Gasteiger partial charge in [0.25, 0.3) is 0 Å². The molecule has 0 saturated heterocycles. The number of hydrogen-bond donors (Lipinski definition) is 2. The summed E-state index contributed by atoms with van der Waals surface area (Å²) in [6, 6.07) is 0.942. The van der Waals surface area contributed by atoms with Crippen molar-refractivity contribution in [2.75, 3.05) is 0 Å². The number of rotatable bonds is 1. The second-order valence-corrected chi connectivity index (χ2v) is 4.25. The van der Waals surface area contributed by atoms with Gasteiger partial charge in [-0.15, -0.1) is 0 Å². The van der Waals surface area contributed by atoms with Gasteiger partial charge < -0.3 is 10.8 Å². The number of alkyl halides is 3. The van der Waals surface area contributed by atoms with Gasteiger partial charge in [0.2, 0.25) is 0 Å². The molecule has 1 fully saturated rings. The van der Waals surface area contributed by atoms with Crippen LogP contribution in [0, 0.1) is 0 Å². The molecule has 0 atom stereocenters. The number of nitrogens with zero attached hydrogens (tertiary/aromatic N) is 3. The van der Waals surface area contributed by atoms with Crippen LogP contribution in [0.2, 0.25) is 0 Å². The van der Waals surface area contributed by atoms with E-state index >= 15 is 0 Å². The van der Waals surface area contributed by atoms with Crippen LogP contribution < -0.4 is 5.73 Å². The van der Waals surface area contributed by atoms with Crippen LogP contribution in [0.15, 0.2) is 12.7 Å². The van der Waals surface area contributed by atoms with Crippen molar-refractivity contribution in [1.82, 2.24) is 14.8 Å². The molecule has 1 heterocycles. The molecule has 1 aromatic rings. The largest absolute Gasteiger partial charge is 0.490 e. The van der Waals surface area contributed by atoms with Crippen LogP contribution in [0.25, 0.3) is 0 Å².